The molecule has 1 aromatic heterocycles. The Morgan fingerprint density at radius 2 is 2.13 bits per heavy atom. The Morgan fingerprint density at radius 3 is 2.74 bits per heavy atom. The number of ether oxygens (including phenoxy) is 2. The molecule has 0 bridgehead atoms. The van der Waals surface area contributed by atoms with Crippen LogP contribution in [0.15, 0.2) is 12.1 Å². The maximum absolute atomic E-state index is 12.0. The van der Waals surface area contributed by atoms with Crippen molar-refractivity contribution in [1.82, 2.24) is 15.1 Å². The fourth-order valence-corrected chi connectivity index (χ4v) is 2.33. The normalized spacial score (nSPS) is 17.5. The molecule has 23 heavy (non-hydrogen) atoms. The van der Waals surface area contributed by atoms with E-state index in [0.717, 1.165) is 18.7 Å². The Hall–Kier alpha value is -2.38. The number of likely N-dealkylation sites (tertiary alicyclic amines) is 1. The number of rotatable bonds is 4. The second-order valence-electron chi connectivity index (χ2n) is 5.48. The van der Waals surface area contributed by atoms with Crippen molar-refractivity contribution in [3.8, 4) is 5.88 Å². The van der Waals surface area contributed by atoms with Gasteiger partial charge in [0.1, 0.15) is 6.10 Å². The lowest BCUT2D eigenvalue weighted by Gasteiger charge is -2.31. The summed E-state index contributed by atoms with van der Waals surface area (Å²) in [5.41, 5.74) is 0. The van der Waals surface area contributed by atoms with Gasteiger partial charge >= 0.3 is 11.9 Å². The average Bonchev–Trinajstić information content (AvgIpc) is 2.55. The summed E-state index contributed by atoms with van der Waals surface area (Å²) in [5.74, 6) is -0.288. The van der Waals surface area contributed by atoms with Crippen LogP contribution >= 0.6 is 0 Å². The number of carbonyl (C=O) groups is 2. The van der Waals surface area contributed by atoms with Crippen molar-refractivity contribution < 1.29 is 19.1 Å². The molecule has 1 amide bonds. The molecular weight excluding hydrogens is 300 g/mol. The van der Waals surface area contributed by atoms with Gasteiger partial charge in [-0.3, -0.25) is 4.79 Å². The van der Waals surface area contributed by atoms with E-state index in [1.54, 1.807) is 13.0 Å². The van der Waals surface area contributed by atoms with Gasteiger partial charge in [0.25, 0.3) is 0 Å². The van der Waals surface area contributed by atoms with Crippen LogP contribution in [-0.4, -0.2) is 66.9 Å². The topological polar surface area (TPSA) is 84.9 Å². The van der Waals surface area contributed by atoms with Crippen LogP contribution in [-0.2, 0) is 14.3 Å². The van der Waals surface area contributed by atoms with Crippen LogP contribution < -0.4 is 9.64 Å². The van der Waals surface area contributed by atoms with Crippen LogP contribution in [0, 0.1) is 0 Å². The van der Waals surface area contributed by atoms with Crippen molar-refractivity contribution in [2.75, 3.05) is 38.7 Å². The summed E-state index contributed by atoms with van der Waals surface area (Å²) in [6.07, 6.45) is 1.35. The molecule has 1 aromatic rings. The van der Waals surface area contributed by atoms with Gasteiger partial charge in [0.15, 0.2) is 5.82 Å². The van der Waals surface area contributed by atoms with Crippen molar-refractivity contribution in [3.63, 3.8) is 0 Å². The maximum atomic E-state index is 12.0. The molecule has 2 rings (SSSR count). The molecule has 1 saturated heterocycles. The fraction of sp³-hybridized carbons (Fsp3) is 0.600. The first-order valence-electron chi connectivity index (χ1n) is 7.65. The van der Waals surface area contributed by atoms with Crippen LogP contribution in [0.2, 0.25) is 0 Å². The van der Waals surface area contributed by atoms with Gasteiger partial charge in [-0.15, -0.1) is 10.2 Å². The number of carbonyl (C=O) groups excluding carboxylic acids is 2. The second kappa shape index (κ2) is 7.75. The van der Waals surface area contributed by atoms with Crippen LogP contribution in [0.5, 0.6) is 5.88 Å². The van der Waals surface area contributed by atoms with Gasteiger partial charge < -0.3 is 19.3 Å². The molecule has 1 fully saturated rings. The van der Waals surface area contributed by atoms with E-state index in [9.17, 15) is 9.59 Å². The van der Waals surface area contributed by atoms with Crippen LogP contribution in [0.1, 0.15) is 19.8 Å². The monoisotopic (exact) mass is 322 g/mol. The predicted molar refractivity (Wildman–Crippen MR) is 83.2 cm³/mol. The average molecular weight is 322 g/mol. The zero-order valence-electron chi connectivity index (χ0n) is 13.7. The number of amides is 1. The highest BCUT2D eigenvalue weighted by atomic mass is 16.5. The lowest BCUT2D eigenvalue weighted by atomic mass is 10.1. The SMILES string of the molecule is CCOC(=O)C(=O)N1CCCC(Oc2ccc(N(C)C)nn2)C1. The molecule has 8 heteroatoms. The Kier molecular flexibility index (Phi) is 5.72. The van der Waals surface area contributed by atoms with Crippen LogP contribution in [0.4, 0.5) is 5.82 Å². The number of aromatic nitrogens is 2. The second-order valence-corrected chi connectivity index (χ2v) is 5.48. The number of hydrogen-bond acceptors (Lipinski definition) is 7. The van der Waals surface area contributed by atoms with Crippen molar-refractivity contribution in [2.24, 2.45) is 0 Å². The summed E-state index contributed by atoms with van der Waals surface area (Å²) in [7, 11) is 3.76. The third-order valence-electron chi connectivity index (χ3n) is 3.49. The van der Waals surface area contributed by atoms with E-state index in [1.165, 1.54) is 4.90 Å². The van der Waals surface area contributed by atoms with Gasteiger partial charge in [0.05, 0.1) is 13.2 Å². The van der Waals surface area contributed by atoms with Gasteiger partial charge in [-0.05, 0) is 25.8 Å². The predicted octanol–water partition coefficient (Wildman–Crippen LogP) is 0.475. The minimum atomic E-state index is -0.816. The molecule has 8 nitrogen and oxygen atoms in total. The van der Waals surface area contributed by atoms with Crippen molar-refractivity contribution >= 4 is 17.7 Å². The Bertz CT molecular complexity index is 547. The number of esters is 1. The first-order valence-corrected chi connectivity index (χ1v) is 7.65. The largest absolute Gasteiger partial charge is 0.471 e. The van der Waals surface area contributed by atoms with Gasteiger partial charge in [0.2, 0.25) is 5.88 Å². The smallest absolute Gasteiger partial charge is 0.397 e. The van der Waals surface area contributed by atoms with Crippen molar-refractivity contribution in [2.45, 2.75) is 25.9 Å². The third kappa shape index (κ3) is 4.54. The molecule has 0 N–H and O–H groups in total. The molecule has 2 heterocycles. The lowest BCUT2D eigenvalue weighted by molar-refractivity contribution is -0.161. The molecular formula is C15H22N4O4. The minimum Gasteiger partial charge on any atom is -0.471 e. The molecule has 0 saturated carbocycles. The van der Waals surface area contributed by atoms with Gasteiger partial charge in [-0.25, -0.2) is 4.79 Å². The zero-order valence-corrected chi connectivity index (χ0v) is 13.7. The molecule has 0 spiro atoms. The van der Waals surface area contributed by atoms with Crippen LogP contribution in [0.3, 0.4) is 0 Å². The number of nitrogens with zero attached hydrogens (tertiary/aromatic N) is 4. The molecule has 0 aliphatic carbocycles. The first-order chi connectivity index (χ1) is 11.0. The van der Waals surface area contributed by atoms with Crippen molar-refractivity contribution in [3.05, 3.63) is 12.1 Å². The summed E-state index contributed by atoms with van der Waals surface area (Å²) < 4.78 is 10.5. The van der Waals surface area contributed by atoms with Crippen LogP contribution in [0.25, 0.3) is 0 Å². The van der Waals surface area contributed by atoms with Gasteiger partial charge in [-0.1, -0.05) is 0 Å². The van der Waals surface area contributed by atoms with E-state index in [4.69, 9.17) is 9.47 Å². The Balaban J connectivity index is 1.93. The van der Waals surface area contributed by atoms with Gasteiger partial charge in [0, 0.05) is 26.7 Å². The molecule has 0 aromatic carbocycles. The summed E-state index contributed by atoms with van der Waals surface area (Å²) in [6.45, 7) is 2.73. The van der Waals surface area contributed by atoms with E-state index in [1.807, 2.05) is 25.1 Å². The van der Waals surface area contributed by atoms with E-state index >= 15 is 0 Å². The van der Waals surface area contributed by atoms with E-state index < -0.39 is 11.9 Å². The highest BCUT2D eigenvalue weighted by molar-refractivity contribution is 6.32. The zero-order chi connectivity index (χ0) is 16.8. The highest BCUT2D eigenvalue weighted by Gasteiger charge is 2.29. The molecule has 1 atom stereocenters. The number of anilines is 1. The number of hydrogen-bond donors (Lipinski definition) is 0. The molecule has 126 valence electrons. The molecule has 1 unspecified atom stereocenters. The maximum Gasteiger partial charge on any atom is 0.397 e. The Morgan fingerprint density at radius 1 is 1.35 bits per heavy atom. The fourth-order valence-electron chi connectivity index (χ4n) is 2.33. The third-order valence-corrected chi connectivity index (χ3v) is 3.49. The van der Waals surface area contributed by atoms with E-state index in [0.29, 0.717) is 19.0 Å². The molecule has 0 radical (unpaired) electrons. The summed E-state index contributed by atoms with van der Waals surface area (Å²) in [4.78, 5) is 26.8. The van der Waals surface area contributed by atoms with Gasteiger partial charge in [-0.2, -0.15) is 0 Å². The molecule has 1 aliphatic rings. The molecule has 1 aliphatic heterocycles. The van der Waals surface area contributed by atoms with E-state index in [2.05, 4.69) is 10.2 Å². The first kappa shape index (κ1) is 17.0. The highest BCUT2D eigenvalue weighted by Crippen LogP contribution is 2.18. The number of piperidine rings is 1. The summed E-state index contributed by atoms with van der Waals surface area (Å²) in [5, 5.41) is 8.07. The lowest BCUT2D eigenvalue weighted by Crippen LogP contribution is -2.47. The minimum absolute atomic E-state index is 0.187. The summed E-state index contributed by atoms with van der Waals surface area (Å²) in [6, 6.07) is 3.56. The summed E-state index contributed by atoms with van der Waals surface area (Å²) >= 11 is 0. The van der Waals surface area contributed by atoms with Crippen molar-refractivity contribution in [1.29, 1.82) is 0 Å². The Labute approximate surface area is 135 Å². The standard InChI is InChI=1S/C15H22N4O4/c1-4-22-15(21)14(20)19-9-5-6-11(10-19)23-13-8-7-12(16-17-13)18(2)3/h7-8,11H,4-6,9-10H2,1-3H3. The quantitative estimate of drug-likeness (QED) is 0.588. The van der Waals surface area contributed by atoms with E-state index in [-0.39, 0.29) is 12.7 Å².